The van der Waals surface area contributed by atoms with E-state index in [-0.39, 0.29) is 26.6 Å². The lowest BCUT2D eigenvalue weighted by Gasteiger charge is -2.08. The maximum absolute atomic E-state index is 12.0. The minimum Gasteiger partial charge on any atom is -0.463 e. The average molecular weight is 348 g/mol. The van der Waals surface area contributed by atoms with E-state index in [0.29, 0.717) is 11.5 Å². The first-order valence-electron chi connectivity index (χ1n) is 5.60. The van der Waals surface area contributed by atoms with Crippen LogP contribution in [0.5, 0.6) is 0 Å². The van der Waals surface area contributed by atoms with Crippen molar-refractivity contribution in [2.24, 2.45) is 5.10 Å². The first-order valence-corrected chi connectivity index (χ1v) is 6.73. The summed E-state index contributed by atoms with van der Waals surface area (Å²) in [6.07, 6.45) is 1.49. The smallest absolute Gasteiger partial charge is 0.291 e. The molecule has 2 aromatic rings. The van der Waals surface area contributed by atoms with Crippen molar-refractivity contribution in [1.82, 2.24) is 10.4 Å². The fourth-order valence-electron chi connectivity index (χ4n) is 1.41. The number of halogens is 3. The molecular formula is C12H9Cl3N4O2. The number of hydrogen-bond donors (Lipinski definition) is 2. The number of amides is 1. The number of anilines is 1. The van der Waals surface area contributed by atoms with Crippen LogP contribution in [0, 0.1) is 0 Å². The molecular weight excluding hydrogens is 339 g/mol. The van der Waals surface area contributed by atoms with E-state index in [1.165, 1.54) is 6.26 Å². The molecule has 21 heavy (non-hydrogen) atoms. The number of rotatable bonds is 3. The Morgan fingerprint density at radius 2 is 2.10 bits per heavy atom. The summed E-state index contributed by atoms with van der Waals surface area (Å²) in [5.41, 5.74) is 8.21. The molecule has 0 bridgehead atoms. The quantitative estimate of drug-likeness (QED) is 0.505. The molecule has 0 aromatic carbocycles. The van der Waals surface area contributed by atoms with Crippen LogP contribution in [0.2, 0.25) is 15.2 Å². The zero-order valence-electron chi connectivity index (χ0n) is 10.7. The van der Waals surface area contributed by atoms with Gasteiger partial charge in [-0.2, -0.15) is 5.10 Å². The SMILES string of the molecule is CC(=NNC(=O)c1nc(Cl)c(Cl)c(N)c1Cl)c1ccco1. The van der Waals surface area contributed by atoms with E-state index in [1.54, 1.807) is 19.1 Å². The molecule has 0 aliphatic heterocycles. The summed E-state index contributed by atoms with van der Waals surface area (Å²) in [5.74, 6) is -0.154. The number of carbonyl (C=O) groups is 1. The number of furan rings is 1. The lowest BCUT2D eigenvalue weighted by molar-refractivity contribution is 0.0950. The molecule has 0 unspecified atom stereocenters. The highest BCUT2D eigenvalue weighted by Gasteiger charge is 2.19. The third kappa shape index (κ3) is 3.29. The Morgan fingerprint density at radius 1 is 1.38 bits per heavy atom. The normalized spacial score (nSPS) is 11.5. The molecule has 1 amide bonds. The van der Waals surface area contributed by atoms with Crippen molar-refractivity contribution in [2.45, 2.75) is 6.92 Å². The second-order valence-electron chi connectivity index (χ2n) is 3.91. The first kappa shape index (κ1) is 15.6. The number of nitrogens with two attached hydrogens (primary N) is 1. The van der Waals surface area contributed by atoms with Gasteiger partial charge in [-0.05, 0) is 19.1 Å². The van der Waals surface area contributed by atoms with Crippen LogP contribution >= 0.6 is 34.8 Å². The highest BCUT2D eigenvalue weighted by Crippen LogP contribution is 2.34. The Labute approximate surface area is 134 Å². The number of aromatic nitrogens is 1. The number of nitrogen functional groups attached to an aromatic ring is 1. The molecule has 2 rings (SSSR count). The summed E-state index contributed by atoms with van der Waals surface area (Å²) in [6.45, 7) is 1.66. The van der Waals surface area contributed by atoms with Gasteiger partial charge in [0.1, 0.15) is 16.5 Å². The number of hydrazone groups is 1. The summed E-state index contributed by atoms with van der Waals surface area (Å²) in [7, 11) is 0. The van der Waals surface area contributed by atoms with E-state index in [9.17, 15) is 4.79 Å². The first-order chi connectivity index (χ1) is 9.91. The summed E-state index contributed by atoms with van der Waals surface area (Å²) < 4.78 is 5.13. The monoisotopic (exact) mass is 346 g/mol. The zero-order valence-corrected chi connectivity index (χ0v) is 12.9. The second-order valence-corrected chi connectivity index (χ2v) is 5.02. The van der Waals surface area contributed by atoms with E-state index >= 15 is 0 Å². The van der Waals surface area contributed by atoms with Gasteiger partial charge in [-0.3, -0.25) is 4.79 Å². The molecule has 0 radical (unpaired) electrons. The standard InChI is InChI=1S/C12H9Cl3N4O2/c1-5(6-3-2-4-21-6)18-19-12(20)10-7(13)9(16)8(14)11(15)17-10/h2-4H,1H3,(H2,16,17)(H,19,20). The van der Waals surface area contributed by atoms with E-state index < -0.39 is 5.91 Å². The average Bonchev–Trinajstić information content (AvgIpc) is 3.00. The van der Waals surface area contributed by atoms with Gasteiger partial charge < -0.3 is 10.2 Å². The third-order valence-corrected chi connectivity index (χ3v) is 3.63. The maximum Gasteiger partial charge on any atom is 0.291 e. The number of nitrogens with zero attached hydrogens (tertiary/aromatic N) is 2. The predicted molar refractivity (Wildman–Crippen MR) is 82.1 cm³/mol. The van der Waals surface area contributed by atoms with Crippen molar-refractivity contribution in [1.29, 1.82) is 0 Å². The van der Waals surface area contributed by atoms with Gasteiger partial charge in [-0.25, -0.2) is 10.4 Å². The fraction of sp³-hybridized carbons (Fsp3) is 0.0833. The minimum atomic E-state index is -0.670. The summed E-state index contributed by atoms with van der Waals surface area (Å²) in [6, 6.07) is 3.40. The Bertz CT molecular complexity index is 714. The highest BCUT2D eigenvalue weighted by molar-refractivity contribution is 6.46. The van der Waals surface area contributed by atoms with Crippen LogP contribution in [-0.4, -0.2) is 16.6 Å². The van der Waals surface area contributed by atoms with Crippen molar-refractivity contribution in [3.63, 3.8) is 0 Å². The van der Waals surface area contributed by atoms with Crippen LogP contribution in [0.15, 0.2) is 27.9 Å². The lowest BCUT2D eigenvalue weighted by Crippen LogP contribution is -2.21. The molecule has 3 N–H and O–H groups in total. The summed E-state index contributed by atoms with van der Waals surface area (Å²) >= 11 is 17.5. The molecule has 0 atom stereocenters. The highest BCUT2D eigenvalue weighted by atomic mass is 35.5. The lowest BCUT2D eigenvalue weighted by atomic mass is 10.3. The van der Waals surface area contributed by atoms with Crippen molar-refractivity contribution < 1.29 is 9.21 Å². The van der Waals surface area contributed by atoms with Crippen LogP contribution in [-0.2, 0) is 0 Å². The number of pyridine rings is 1. The van der Waals surface area contributed by atoms with Crippen LogP contribution in [0.1, 0.15) is 23.2 Å². The van der Waals surface area contributed by atoms with Gasteiger partial charge in [0.25, 0.3) is 5.91 Å². The molecule has 0 saturated carbocycles. The van der Waals surface area contributed by atoms with Gasteiger partial charge in [0.2, 0.25) is 0 Å². The number of nitrogens with one attached hydrogen (secondary N) is 1. The van der Waals surface area contributed by atoms with Gasteiger partial charge in [-0.15, -0.1) is 0 Å². The zero-order chi connectivity index (χ0) is 15.6. The molecule has 0 saturated heterocycles. The van der Waals surface area contributed by atoms with Crippen molar-refractivity contribution in [2.75, 3.05) is 5.73 Å². The summed E-state index contributed by atoms with van der Waals surface area (Å²) in [5, 5.41) is 3.66. The Morgan fingerprint density at radius 3 is 2.71 bits per heavy atom. The van der Waals surface area contributed by atoms with Gasteiger partial charge in [-0.1, -0.05) is 34.8 Å². The molecule has 2 heterocycles. The molecule has 0 spiro atoms. The van der Waals surface area contributed by atoms with Crippen LogP contribution in [0.3, 0.4) is 0 Å². The molecule has 9 heteroatoms. The Hall–Kier alpha value is -1.76. The maximum atomic E-state index is 12.0. The van der Waals surface area contributed by atoms with Crippen molar-refractivity contribution in [3.05, 3.63) is 45.0 Å². The van der Waals surface area contributed by atoms with E-state index in [0.717, 1.165) is 0 Å². The number of carbonyl (C=O) groups excluding carboxylic acids is 1. The van der Waals surface area contributed by atoms with Gasteiger partial charge >= 0.3 is 0 Å². The molecule has 110 valence electrons. The van der Waals surface area contributed by atoms with Gasteiger partial charge in [0.05, 0.1) is 17.0 Å². The predicted octanol–water partition coefficient (Wildman–Crippen LogP) is 3.37. The van der Waals surface area contributed by atoms with Crippen LogP contribution in [0.25, 0.3) is 0 Å². The molecule has 0 aliphatic carbocycles. The Kier molecular flexibility index (Phi) is 4.72. The van der Waals surface area contributed by atoms with Crippen molar-refractivity contribution in [3.8, 4) is 0 Å². The molecule has 6 nitrogen and oxygen atoms in total. The summed E-state index contributed by atoms with van der Waals surface area (Å²) in [4.78, 5) is 15.8. The third-order valence-electron chi connectivity index (χ3n) is 2.49. The van der Waals surface area contributed by atoms with Gasteiger partial charge in [0, 0.05) is 0 Å². The Balaban J connectivity index is 2.24. The second kappa shape index (κ2) is 6.34. The molecule has 2 aromatic heterocycles. The van der Waals surface area contributed by atoms with Gasteiger partial charge in [0.15, 0.2) is 10.8 Å². The van der Waals surface area contributed by atoms with Crippen LogP contribution in [0.4, 0.5) is 5.69 Å². The van der Waals surface area contributed by atoms with Crippen LogP contribution < -0.4 is 11.2 Å². The largest absolute Gasteiger partial charge is 0.463 e. The molecule has 0 aliphatic rings. The van der Waals surface area contributed by atoms with E-state index in [2.05, 4.69) is 15.5 Å². The fourth-order valence-corrected chi connectivity index (χ4v) is 2.00. The van der Waals surface area contributed by atoms with Crippen molar-refractivity contribution >= 4 is 52.1 Å². The number of hydrogen-bond acceptors (Lipinski definition) is 5. The minimum absolute atomic E-state index is 0.00603. The van der Waals surface area contributed by atoms with E-state index in [4.69, 9.17) is 45.0 Å². The van der Waals surface area contributed by atoms with E-state index in [1.807, 2.05) is 0 Å². The molecule has 0 fully saturated rings. The topological polar surface area (TPSA) is 93.5 Å².